The van der Waals surface area contributed by atoms with Gasteiger partial charge in [0.2, 0.25) is 0 Å². The first-order valence-electron chi connectivity index (χ1n) is 6.88. The fourth-order valence-corrected chi connectivity index (χ4v) is 1.72. The Kier molecular flexibility index (Phi) is 5.66. The zero-order valence-corrected chi connectivity index (χ0v) is 12.4. The molecule has 0 bridgehead atoms. The van der Waals surface area contributed by atoms with Gasteiger partial charge in [-0.1, -0.05) is 13.3 Å². The molecule has 1 rings (SSSR count). The number of aromatic nitrogens is 2. The van der Waals surface area contributed by atoms with E-state index in [2.05, 4.69) is 45.0 Å². The summed E-state index contributed by atoms with van der Waals surface area (Å²) in [5, 5.41) is 7.72. The second-order valence-electron chi connectivity index (χ2n) is 5.69. The number of hydrogen-bond acceptors (Lipinski definition) is 3. The molecule has 1 aromatic rings. The van der Waals surface area contributed by atoms with Crippen molar-refractivity contribution in [2.24, 2.45) is 0 Å². The van der Waals surface area contributed by atoms with Gasteiger partial charge >= 0.3 is 0 Å². The number of aryl methyl sites for hydroxylation is 1. The molecule has 0 radical (unpaired) electrons. The van der Waals surface area contributed by atoms with E-state index in [4.69, 9.17) is 4.74 Å². The molecule has 4 heteroatoms. The number of nitrogens with one attached hydrogen (secondary N) is 1. The van der Waals surface area contributed by atoms with E-state index in [0.717, 1.165) is 31.7 Å². The van der Waals surface area contributed by atoms with Gasteiger partial charge < -0.3 is 10.1 Å². The Bertz CT molecular complexity index is 341. The highest BCUT2D eigenvalue weighted by Crippen LogP contribution is 2.13. The third kappa shape index (κ3) is 5.54. The summed E-state index contributed by atoms with van der Waals surface area (Å²) in [5.74, 6) is 0.867. The van der Waals surface area contributed by atoms with E-state index < -0.39 is 0 Å². The van der Waals surface area contributed by atoms with Crippen molar-refractivity contribution in [3.63, 3.8) is 0 Å². The zero-order valence-electron chi connectivity index (χ0n) is 12.4. The lowest BCUT2D eigenvalue weighted by atomic mass is 10.1. The molecule has 0 saturated heterocycles. The van der Waals surface area contributed by atoms with Crippen molar-refractivity contribution < 1.29 is 4.74 Å². The third-order valence-corrected chi connectivity index (χ3v) is 2.71. The van der Waals surface area contributed by atoms with E-state index in [9.17, 15) is 0 Å². The molecule has 0 aliphatic carbocycles. The topological polar surface area (TPSA) is 39.1 Å². The molecule has 1 unspecified atom stereocenters. The van der Waals surface area contributed by atoms with Gasteiger partial charge in [0, 0.05) is 18.6 Å². The molecule has 0 aliphatic rings. The lowest BCUT2D eigenvalue weighted by molar-refractivity contribution is 0.175. The Morgan fingerprint density at radius 2 is 2.11 bits per heavy atom. The number of ether oxygens (including phenoxy) is 1. The van der Waals surface area contributed by atoms with Gasteiger partial charge in [0.1, 0.15) is 6.10 Å². The first kappa shape index (κ1) is 15.0. The fourth-order valence-electron chi connectivity index (χ4n) is 1.72. The van der Waals surface area contributed by atoms with Gasteiger partial charge in [-0.2, -0.15) is 5.10 Å². The summed E-state index contributed by atoms with van der Waals surface area (Å²) in [6.07, 6.45) is 6.14. The lowest BCUT2D eigenvalue weighted by Crippen LogP contribution is -2.42. The minimum Gasteiger partial charge on any atom is -0.486 e. The first-order valence-corrected chi connectivity index (χ1v) is 6.88. The largest absolute Gasteiger partial charge is 0.486 e. The zero-order chi connectivity index (χ0) is 13.6. The average Bonchev–Trinajstić information content (AvgIpc) is 2.73. The Morgan fingerprint density at radius 3 is 2.61 bits per heavy atom. The summed E-state index contributed by atoms with van der Waals surface area (Å²) in [6.45, 7) is 12.5. The normalized spacial score (nSPS) is 13.6. The standard InChI is InChI=1S/C14H27N3O/c1-6-8-12(9-15-14(3,4)5)18-13-10-16-17(7-2)11-13/h10-12,15H,6-9H2,1-5H3. The molecular formula is C14H27N3O. The molecule has 1 atom stereocenters. The lowest BCUT2D eigenvalue weighted by Gasteiger charge is -2.25. The van der Waals surface area contributed by atoms with E-state index in [1.807, 2.05) is 10.9 Å². The minimum atomic E-state index is 0.128. The van der Waals surface area contributed by atoms with E-state index in [1.165, 1.54) is 0 Å². The molecule has 1 aromatic heterocycles. The highest BCUT2D eigenvalue weighted by molar-refractivity contribution is 5.12. The van der Waals surface area contributed by atoms with Crippen LogP contribution in [-0.2, 0) is 6.54 Å². The molecule has 104 valence electrons. The maximum atomic E-state index is 5.99. The van der Waals surface area contributed by atoms with Gasteiger partial charge in [0.25, 0.3) is 0 Å². The molecule has 0 aromatic carbocycles. The predicted molar refractivity (Wildman–Crippen MR) is 75.0 cm³/mol. The van der Waals surface area contributed by atoms with Crippen molar-refractivity contribution in [2.45, 2.75) is 65.6 Å². The monoisotopic (exact) mass is 253 g/mol. The van der Waals surface area contributed by atoms with Gasteiger partial charge in [-0.3, -0.25) is 4.68 Å². The summed E-state index contributed by atoms with van der Waals surface area (Å²) in [6, 6.07) is 0. The van der Waals surface area contributed by atoms with Gasteiger partial charge in [0.15, 0.2) is 5.75 Å². The van der Waals surface area contributed by atoms with Crippen LogP contribution >= 0.6 is 0 Å². The predicted octanol–water partition coefficient (Wildman–Crippen LogP) is 2.84. The van der Waals surface area contributed by atoms with Gasteiger partial charge in [-0.15, -0.1) is 0 Å². The number of rotatable bonds is 7. The summed E-state index contributed by atoms with van der Waals surface area (Å²) >= 11 is 0. The second-order valence-corrected chi connectivity index (χ2v) is 5.69. The number of nitrogens with zero attached hydrogens (tertiary/aromatic N) is 2. The highest BCUT2D eigenvalue weighted by atomic mass is 16.5. The van der Waals surface area contributed by atoms with Crippen LogP contribution in [0.3, 0.4) is 0 Å². The molecule has 18 heavy (non-hydrogen) atoms. The molecule has 0 fully saturated rings. The molecule has 1 heterocycles. The van der Waals surface area contributed by atoms with E-state index in [1.54, 1.807) is 6.20 Å². The quantitative estimate of drug-likeness (QED) is 0.812. The molecule has 1 N–H and O–H groups in total. The first-order chi connectivity index (χ1) is 8.44. The van der Waals surface area contributed by atoms with Crippen molar-refractivity contribution in [1.82, 2.24) is 15.1 Å². The van der Waals surface area contributed by atoms with Crippen molar-refractivity contribution >= 4 is 0 Å². The minimum absolute atomic E-state index is 0.128. The van der Waals surface area contributed by atoms with E-state index in [0.29, 0.717) is 0 Å². The highest BCUT2D eigenvalue weighted by Gasteiger charge is 2.15. The smallest absolute Gasteiger partial charge is 0.157 e. The van der Waals surface area contributed by atoms with E-state index in [-0.39, 0.29) is 11.6 Å². The maximum Gasteiger partial charge on any atom is 0.157 e. The van der Waals surface area contributed by atoms with Gasteiger partial charge in [0.05, 0.1) is 12.4 Å². The van der Waals surface area contributed by atoms with Crippen molar-refractivity contribution in [2.75, 3.05) is 6.54 Å². The average molecular weight is 253 g/mol. The Labute approximate surface area is 111 Å². The molecule has 0 saturated carbocycles. The van der Waals surface area contributed by atoms with Crippen LogP contribution in [0, 0.1) is 0 Å². The molecule has 4 nitrogen and oxygen atoms in total. The third-order valence-electron chi connectivity index (χ3n) is 2.71. The molecular weight excluding hydrogens is 226 g/mol. The van der Waals surface area contributed by atoms with Gasteiger partial charge in [-0.05, 0) is 34.1 Å². The van der Waals surface area contributed by atoms with E-state index >= 15 is 0 Å². The molecule has 0 aliphatic heterocycles. The second kappa shape index (κ2) is 6.78. The fraction of sp³-hybridized carbons (Fsp3) is 0.786. The Balaban J connectivity index is 2.51. The maximum absolute atomic E-state index is 5.99. The summed E-state index contributed by atoms with van der Waals surface area (Å²) in [5.41, 5.74) is 0.128. The van der Waals surface area contributed by atoms with Crippen molar-refractivity contribution in [1.29, 1.82) is 0 Å². The Morgan fingerprint density at radius 1 is 1.39 bits per heavy atom. The van der Waals surface area contributed by atoms with Crippen LogP contribution < -0.4 is 10.1 Å². The summed E-state index contributed by atoms with van der Waals surface area (Å²) < 4.78 is 7.87. The SMILES string of the molecule is CCCC(CNC(C)(C)C)Oc1cnn(CC)c1. The summed E-state index contributed by atoms with van der Waals surface area (Å²) in [7, 11) is 0. The van der Waals surface area contributed by atoms with Crippen LogP contribution in [0.2, 0.25) is 0 Å². The van der Waals surface area contributed by atoms with Crippen LogP contribution in [0.4, 0.5) is 0 Å². The van der Waals surface area contributed by atoms with Crippen molar-refractivity contribution in [3.8, 4) is 5.75 Å². The van der Waals surface area contributed by atoms with Crippen LogP contribution in [-0.4, -0.2) is 28.0 Å². The molecule has 0 amide bonds. The summed E-state index contributed by atoms with van der Waals surface area (Å²) in [4.78, 5) is 0. The van der Waals surface area contributed by atoms with Crippen LogP contribution in [0.1, 0.15) is 47.5 Å². The number of hydrogen-bond donors (Lipinski definition) is 1. The van der Waals surface area contributed by atoms with Crippen LogP contribution in [0.5, 0.6) is 5.75 Å². The van der Waals surface area contributed by atoms with Crippen molar-refractivity contribution in [3.05, 3.63) is 12.4 Å². The molecule has 0 spiro atoms. The van der Waals surface area contributed by atoms with Crippen LogP contribution in [0.15, 0.2) is 12.4 Å². The van der Waals surface area contributed by atoms with Gasteiger partial charge in [-0.25, -0.2) is 0 Å². The van der Waals surface area contributed by atoms with Crippen LogP contribution in [0.25, 0.3) is 0 Å². The Hall–Kier alpha value is -1.03.